The number of hydrogen-bond acceptors (Lipinski definition) is 4. The molecule has 0 aliphatic carbocycles. The Morgan fingerprint density at radius 1 is 1.00 bits per heavy atom. The lowest BCUT2D eigenvalue weighted by atomic mass is 10.2. The SMILES string of the molecule is O=C(CN(c1cccc(Cl)c1)S(=O)(=O)c1ccccc1)NCCSCc1c(F)cccc1Cl. The van der Waals surface area contributed by atoms with Crippen LogP contribution in [0.4, 0.5) is 10.1 Å². The van der Waals surface area contributed by atoms with Crippen molar-refractivity contribution in [3.05, 3.63) is 94.2 Å². The van der Waals surface area contributed by atoms with E-state index >= 15 is 0 Å². The Bertz CT molecular complexity index is 1190. The largest absolute Gasteiger partial charge is 0.354 e. The van der Waals surface area contributed by atoms with E-state index in [1.54, 1.807) is 48.5 Å². The lowest BCUT2D eigenvalue weighted by Gasteiger charge is -2.24. The highest BCUT2D eigenvalue weighted by Gasteiger charge is 2.27. The van der Waals surface area contributed by atoms with Crippen LogP contribution in [0.3, 0.4) is 0 Å². The highest BCUT2D eigenvalue weighted by Crippen LogP contribution is 2.26. The van der Waals surface area contributed by atoms with Gasteiger partial charge in [0.15, 0.2) is 0 Å². The van der Waals surface area contributed by atoms with Crippen LogP contribution in [0, 0.1) is 5.82 Å². The molecule has 0 bridgehead atoms. The van der Waals surface area contributed by atoms with E-state index in [1.807, 2.05) is 0 Å². The third-order valence-corrected chi connectivity index (χ3v) is 7.95. The molecule has 1 N–H and O–H groups in total. The first-order valence-electron chi connectivity index (χ1n) is 9.90. The van der Waals surface area contributed by atoms with E-state index in [1.165, 1.54) is 36.0 Å². The molecule has 3 rings (SSSR count). The fraction of sp³-hybridized carbons (Fsp3) is 0.174. The van der Waals surface area contributed by atoms with Gasteiger partial charge < -0.3 is 5.32 Å². The monoisotopic (exact) mass is 526 g/mol. The summed E-state index contributed by atoms with van der Waals surface area (Å²) in [6, 6.07) is 18.7. The second-order valence-corrected chi connectivity index (χ2v) is 10.7. The number of carbonyl (C=O) groups is 1. The maximum atomic E-state index is 13.8. The van der Waals surface area contributed by atoms with E-state index in [9.17, 15) is 17.6 Å². The van der Waals surface area contributed by atoms with Crippen LogP contribution in [0.5, 0.6) is 0 Å². The summed E-state index contributed by atoms with van der Waals surface area (Å²) < 4.78 is 41.3. The molecule has 0 saturated heterocycles. The summed E-state index contributed by atoms with van der Waals surface area (Å²) in [6.45, 7) is -0.133. The van der Waals surface area contributed by atoms with Crippen molar-refractivity contribution in [2.75, 3.05) is 23.1 Å². The van der Waals surface area contributed by atoms with Crippen molar-refractivity contribution in [1.82, 2.24) is 5.32 Å². The van der Waals surface area contributed by atoms with Crippen molar-refractivity contribution in [3.8, 4) is 0 Å². The van der Waals surface area contributed by atoms with E-state index in [2.05, 4.69) is 5.32 Å². The molecule has 0 atom stereocenters. The molecule has 0 spiro atoms. The van der Waals surface area contributed by atoms with Crippen molar-refractivity contribution >= 4 is 56.6 Å². The van der Waals surface area contributed by atoms with Gasteiger partial charge in [0, 0.05) is 33.7 Å². The molecular formula is C23H21Cl2FN2O3S2. The molecule has 0 aliphatic rings. The van der Waals surface area contributed by atoms with Crippen molar-refractivity contribution in [2.45, 2.75) is 10.6 Å². The van der Waals surface area contributed by atoms with Gasteiger partial charge in [-0.1, -0.05) is 53.5 Å². The molecule has 3 aromatic rings. The Hall–Kier alpha value is -2.26. The third kappa shape index (κ3) is 6.86. The van der Waals surface area contributed by atoms with E-state index in [0.717, 1.165) is 4.31 Å². The number of carbonyl (C=O) groups excluding carboxylic acids is 1. The molecule has 0 aliphatic heterocycles. The van der Waals surface area contributed by atoms with Gasteiger partial charge in [-0.15, -0.1) is 0 Å². The average molecular weight is 527 g/mol. The fourth-order valence-electron chi connectivity index (χ4n) is 2.96. The number of rotatable bonds is 10. The maximum absolute atomic E-state index is 13.8. The van der Waals surface area contributed by atoms with Gasteiger partial charge in [0.25, 0.3) is 10.0 Å². The van der Waals surface area contributed by atoms with Gasteiger partial charge in [-0.25, -0.2) is 12.8 Å². The summed E-state index contributed by atoms with van der Waals surface area (Å²) in [5.41, 5.74) is 0.696. The van der Waals surface area contributed by atoms with Crippen molar-refractivity contribution in [2.24, 2.45) is 0 Å². The van der Waals surface area contributed by atoms with Crippen molar-refractivity contribution in [3.63, 3.8) is 0 Å². The molecule has 0 fully saturated rings. The second-order valence-electron chi connectivity index (χ2n) is 6.91. The molecule has 0 aromatic heterocycles. The van der Waals surface area contributed by atoms with Crippen LogP contribution < -0.4 is 9.62 Å². The van der Waals surface area contributed by atoms with E-state index in [-0.39, 0.29) is 22.9 Å². The van der Waals surface area contributed by atoms with Crippen LogP contribution in [-0.2, 0) is 20.6 Å². The zero-order valence-corrected chi connectivity index (χ0v) is 20.5. The highest BCUT2D eigenvalue weighted by molar-refractivity contribution is 7.98. The number of amides is 1. The van der Waals surface area contributed by atoms with Crippen molar-refractivity contribution < 1.29 is 17.6 Å². The number of benzene rings is 3. The first kappa shape index (κ1) is 25.4. The normalized spacial score (nSPS) is 11.2. The lowest BCUT2D eigenvalue weighted by molar-refractivity contribution is -0.119. The van der Waals surface area contributed by atoms with E-state index in [0.29, 0.717) is 27.1 Å². The number of thioether (sulfide) groups is 1. The molecule has 3 aromatic carbocycles. The van der Waals surface area contributed by atoms with Gasteiger partial charge in [0.2, 0.25) is 5.91 Å². The van der Waals surface area contributed by atoms with Gasteiger partial charge in [-0.2, -0.15) is 11.8 Å². The zero-order valence-electron chi connectivity index (χ0n) is 17.4. The van der Waals surface area contributed by atoms with Crippen molar-refractivity contribution in [1.29, 1.82) is 0 Å². The summed E-state index contributed by atoms with van der Waals surface area (Å²) >= 11 is 13.5. The van der Waals surface area contributed by atoms with Gasteiger partial charge >= 0.3 is 0 Å². The molecular weight excluding hydrogens is 506 g/mol. The topological polar surface area (TPSA) is 66.5 Å². The fourth-order valence-corrected chi connectivity index (χ4v) is 5.78. The number of hydrogen-bond donors (Lipinski definition) is 1. The summed E-state index contributed by atoms with van der Waals surface area (Å²) in [7, 11) is -3.99. The molecule has 5 nitrogen and oxygen atoms in total. The first-order valence-corrected chi connectivity index (χ1v) is 13.2. The Balaban J connectivity index is 1.63. The van der Waals surface area contributed by atoms with Gasteiger partial charge in [0.1, 0.15) is 12.4 Å². The Kier molecular flexibility index (Phi) is 9.02. The average Bonchev–Trinajstić information content (AvgIpc) is 2.79. The van der Waals surface area contributed by atoms with Crippen LogP contribution in [0.2, 0.25) is 10.0 Å². The molecule has 0 saturated carbocycles. The minimum absolute atomic E-state index is 0.0649. The molecule has 174 valence electrons. The Labute approximate surface area is 206 Å². The quantitative estimate of drug-likeness (QED) is 0.360. The second kappa shape index (κ2) is 11.7. The van der Waals surface area contributed by atoms with Gasteiger partial charge in [0.05, 0.1) is 10.6 Å². The molecule has 10 heteroatoms. The minimum atomic E-state index is -3.99. The van der Waals surface area contributed by atoms with Crippen LogP contribution in [0.15, 0.2) is 77.7 Å². The van der Waals surface area contributed by atoms with Crippen LogP contribution in [0.1, 0.15) is 5.56 Å². The van der Waals surface area contributed by atoms with Crippen LogP contribution in [-0.4, -0.2) is 33.2 Å². The predicted octanol–water partition coefficient (Wildman–Crippen LogP) is 5.38. The molecule has 0 radical (unpaired) electrons. The maximum Gasteiger partial charge on any atom is 0.264 e. The Morgan fingerprint density at radius 2 is 1.73 bits per heavy atom. The van der Waals surface area contributed by atoms with E-state index < -0.39 is 22.5 Å². The zero-order chi connectivity index (χ0) is 23.8. The Morgan fingerprint density at radius 3 is 2.42 bits per heavy atom. The van der Waals surface area contributed by atoms with Crippen LogP contribution >= 0.6 is 35.0 Å². The predicted molar refractivity (Wildman–Crippen MR) is 133 cm³/mol. The number of anilines is 1. The summed E-state index contributed by atoms with van der Waals surface area (Å²) in [4.78, 5) is 12.7. The lowest BCUT2D eigenvalue weighted by Crippen LogP contribution is -2.41. The van der Waals surface area contributed by atoms with Gasteiger partial charge in [-0.3, -0.25) is 9.10 Å². The minimum Gasteiger partial charge on any atom is -0.354 e. The van der Waals surface area contributed by atoms with Crippen LogP contribution in [0.25, 0.3) is 0 Å². The summed E-state index contributed by atoms with van der Waals surface area (Å²) in [5, 5.41) is 3.42. The smallest absolute Gasteiger partial charge is 0.264 e. The molecule has 1 amide bonds. The first-order chi connectivity index (χ1) is 15.8. The molecule has 0 heterocycles. The molecule has 33 heavy (non-hydrogen) atoms. The molecule has 0 unspecified atom stereocenters. The van der Waals surface area contributed by atoms with E-state index in [4.69, 9.17) is 23.2 Å². The number of halogens is 3. The number of nitrogens with zero attached hydrogens (tertiary/aromatic N) is 1. The number of nitrogens with one attached hydrogen (secondary N) is 1. The van der Waals surface area contributed by atoms with Gasteiger partial charge in [-0.05, 0) is 42.5 Å². The highest BCUT2D eigenvalue weighted by atomic mass is 35.5. The third-order valence-electron chi connectivity index (χ3n) is 4.59. The summed E-state index contributed by atoms with van der Waals surface area (Å²) in [6.07, 6.45) is 0. The standard InChI is InChI=1S/C23H21Cl2FN2O3S2/c24-17-6-4-7-18(14-17)28(33(30,31)19-8-2-1-3-9-19)15-23(29)27-12-13-32-16-20-21(25)10-5-11-22(20)26/h1-11,14H,12-13,15-16H2,(H,27,29). The summed E-state index contributed by atoms with van der Waals surface area (Å²) in [5.74, 6) is 0.0125. The number of sulfonamides is 1.